The Morgan fingerprint density at radius 2 is 2.07 bits per heavy atom. The molecule has 1 heterocycles. The number of carbonyl (C=O) groups excluding carboxylic acids is 1. The van der Waals surface area contributed by atoms with Crippen molar-refractivity contribution in [2.24, 2.45) is 0 Å². The SMILES string of the molecule is C=C(CN(C(=O)CC(C)c1cccs1)c1ccc2c(c1)CCC2)N(C)/C=C\CCC. The van der Waals surface area contributed by atoms with Gasteiger partial charge in [-0.25, -0.2) is 0 Å². The number of benzene rings is 1. The summed E-state index contributed by atoms with van der Waals surface area (Å²) in [6.45, 7) is 9.07. The van der Waals surface area contributed by atoms with Gasteiger partial charge in [-0.3, -0.25) is 4.79 Å². The Labute approximate surface area is 185 Å². The number of unbranched alkanes of at least 4 members (excludes halogenated alkanes) is 1. The summed E-state index contributed by atoms with van der Waals surface area (Å²) in [7, 11) is 2.01. The van der Waals surface area contributed by atoms with Crippen molar-refractivity contribution in [3.8, 4) is 0 Å². The number of rotatable bonds is 10. The number of likely N-dealkylation sites (N-methyl/N-ethyl adjacent to an activating group) is 1. The van der Waals surface area contributed by atoms with Gasteiger partial charge in [0.05, 0.1) is 6.54 Å². The Hall–Kier alpha value is -2.33. The van der Waals surface area contributed by atoms with E-state index in [-0.39, 0.29) is 11.8 Å². The molecule has 1 aromatic heterocycles. The maximum Gasteiger partial charge on any atom is 0.227 e. The van der Waals surface area contributed by atoms with Crippen molar-refractivity contribution in [2.45, 2.75) is 58.3 Å². The van der Waals surface area contributed by atoms with Crippen molar-refractivity contribution in [1.82, 2.24) is 4.90 Å². The highest BCUT2D eigenvalue weighted by molar-refractivity contribution is 7.10. The van der Waals surface area contributed by atoms with Gasteiger partial charge >= 0.3 is 0 Å². The molecule has 1 amide bonds. The molecule has 0 radical (unpaired) electrons. The Kier molecular flexibility index (Phi) is 7.92. The Morgan fingerprint density at radius 1 is 1.27 bits per heavy atom. The highest BCUT2D eigenvalue weighted by Crippen LogP contribution is 2.30. The van der Waals surface area contributed by atoms with Crippen molar-refractivity contribution in [3.63, 3.8) is 0 Å². The second-order valence-electron chi connectivity index (χ2n) is 8.26. The second kappa shape index (κ2) is 10.6. The van der Waals surface area contributed by atoms with Gasteiger partial charge in [0.15, 0.2) is 0 Å². The summed E-state index contributed by atoms with van der Waals surface area (Å²) in [5.74, 6) is 0.366. The van der Waals surface area contributed by atoms with Crippen LogP contribution in [-0.2, 0) is 17.6 Å². The van der Waals surface area contributed by atoms with Crippen molar-refractivity contribution >= 4 is 22.9 Å². The third-order valence-corrected chi connectivity index (χ3v) is 6.93. The topological polar surface area (TPSA) is 23.6 Å². The van der Waals surface area contributed by atoms with Gasteiger partial charge in [0.2, 0.25) is 5.91 Å². The highest BCUT2D eigenvalue weighted by atomic mass is 32.1. The summed E-state index contributed by atoms with van der Waals surface area (Å²) in [4.78, 5) is 18.6. The molecule has 3 nitrogen and oxygen atoms in total. The molecule has 160 valence electrons. The maximum atomic E-state index is 13.4. The molecule has 3 rings (SSSR count). The number of hydrogen-bond acceptors (Lipinski definition) is 3. The largest absolute Gasteiger partial charge is 0.354 e. The van der Waals surface area contributed by atoms with E-state index in [1.165, 1.54) is 22.4 Å². The first-order chi connectivity index (χ1) is 14.5. The molecule has 0 aliphatic heterocycles. The minimum atomic E-state index is 0.154. The summed E-state index contributed by atoms with van der Waals surface area (Å²) in [6.07, 6.45) is 10.4. The first-order valence-electron chi connectivity index (χ1n) is 11.0. The number of anilines is 1. The summed E-state index contributed by atoms with van der Waals surface area (Å²) < 4.78 is 0. The van der Waals surface area contributed by atoms with Crippen LogP contribution in [0.5, 0.6) is 0 Å². The van der Waals surface area contributed by atoms with E-state index in [4.69, 9.17) is 0 Å². The fraction of sp³-hybridized carbons (Fsp3) is 0.423. The molecule has 0 saturated heterocycles. The number of aryl methyl sites for hydroxylation is 2. The number of allylic oxidation sites excluding steroid dienone is 1. The summed E-state index contributed by atoms with van der Waals surface area (Å²) in [5, 5.41) is 2.08. The van der Waals surface area contributed by atoms with Crippen LogP contribution in [0, 0.1) is 0 Å². The van der Waals surface area contributed by atoms with Crippen LogP contribution in [0.2, 0.25) is 0 Å². The summed E-state index contributed by atoms with van der Waals surface area (Å²) >= 11 is 1.72. The lowest BCUT2D eigenvalue weighted by molar-refractivity contribution is -0.118. The lowest BCUT2D eigenvalue weighted by Crippen LogP contribution is -2.35. The van der Waals surface area contributed by atoms with Gasteiger partial charge in [-0.05, 0) is 72.5 Å². The van der Waals surface area contributed by atoms with E-state index >= 15 is 0 Å². The first kappa shape index (κ1) is 22.4. The molecule has 0 spiro atoms. The van der Waals surface area contributed by atoms with E-state index in [9.17, 15) is 4.79 Å². The fourth-order valence-electron chi connectivity index (χ4n) is 3.89. The van der Waals surface area contributed by atoms with Crippen LogP contribution < -0.4 is 4.90 Å². The quantitative estimate of drug-likeness (QED) is 0.435. The number of thiophene rings is 1. The van der Waals surface area contributed by atoms with Gasteiger partial charge in [-0.2, -0.15) is 0 Å². The predicted molar refractivity (Wildman–Crippen MR) is 129 cm³/mol. The van der Waals surface area contributed by atoms with Crippen LogP contribution >= 0.6 is 11.3 Å². The third kappa shape index (κ3) is 5.63. The van der Waals surface area contributed by atoms with Gasteiger partial charge in [-0.1, -0.05) is 45.1 Å². The average molecular weight is 423 g/mol. The molecule has 2 aromatic rings. The van der Waals surface area contributed by atoms with Crippen molar-refractivity contribution < 1.29 is 4.79 Å². The van der Waals surface area contributed by atoms with E-state index in [1.807, 2.05) is 16.8 Å². The zero-order valence-corrected chi connectivity index (χ0v) is 19.4. The summed E-state index contributed by atoms with van der Waals surface area (Å²) in [5.41, 5.74) is 4.72. The van der Waals surface area contributed by atoms with E-state index in [0.717, 1.165) is 37.1 Å². The molecule has 30 heavy (non-hydrogen) atoms. The molecule has 4 heteroatoms. The van der Waals surface area contributed by atoms with Gasteiger partial charge < -0.3 is 9.80 Å². The highest BCUT2D eigenvalue weighted by Gasteiger charge is 2.22. The van der Waals surface area contributed by atoms with E-state index in [2.05, 4.69) is 68.4 Å². The molecule has 0 saturated carbocycles. The molecule has 1 unspecified atom stereocenters. The van der Waals surface area contributed by atoms with Crippen LogP contribution in [0.1, 0.15) is 61.5 Å². The Balaban J connectivity index is 1.79. The molecule has 0 bridgehead atoms. The Morgan fingerprint density at radius 3 is 2.80 bits per heavy atom. The van der Waals surface area contributed by atoms with Crippen molar-refractivity contribution in [2.75, 3.05) is 18.5 Å². The van der Waals surface area contributed by atoms with Gasteiger partial charge in [0.25, 0.3) is 0 Å². The molecule has 1 aromatic carbocycles. The Bertz CT molecular complexity index is 884. The average Bonchev–Trinajstić information content (AvgIpc) is 3.43. The second-order valence-corrected chi connectivity index (χ2v) is 9.24. The minimum Gasteiger partial charge on any atom is -0.354 e. The number of fused-ring (bicyclic) bond motifs is 1. The standard InChI is InChI=1S/C26H34N2OS/c1-5-6-7-15-27(4)21(3)19-28(24-14-13-22-10-8-11-23(22)18-24)26(29)17-20(2)25-12-9-16-30-25/h7,9,12-16,18,20H,3,5-6,8,10-11,17,19H2,1-2,4H3/b15-7-. The van der Waals surface area contributed by atoms with E-state index < -0.39 is 0 Å². The molecule has 0 fully saturated rings. The number of carbonyl (C=O) groups is 1. The van der Waals surface area contributed by atoms with Crippen LogP contribution in [0.25, 0.3) is 0 Å². The molecule has 1 aliphatic rings. The van der Waals surface area contributed by atoms with Gasteiger partial charge in [-0.15, -0.1) is 11.3 Å². The molecular formula is C26H34N2OS. The first-order valence-corrected chi connectivity index (χ1v) is 11.9. The lowest BCUT2D eigenvalue weighted by Gasteiger charge is -2.28. The molecule has 1 atom stereocenters. The van der Waals surface area contributed by atoms with Gasteiger partial charge in [0, 0.05) is 29.7 Å². The van der Waals surface area contributed by atoms with Crippen LogP contribution in [-0.4, -0.2) is 24.4 Å². The van der Waals surface area contributed by atoms with Gasteiger partial charge in [0.1, 0.15) is 0 Å². The zero-order valence-electron chi connectivity index (χ0n) is 18.6. The number of amides is 1. The molecule has 0 N–H and O–H groups in total. The fourth-order valence-corrected chi connectivity index (χ4v) is 4.68. The van der Waals surface area contributed by atoms with Crippen LogP contribution in [0.15, 0.2) is 60.3 Å². The van der Waals surface area contributed by atoms with E-state index in [0.29, 0.717) is 13.0 Å². The minimum absolute atomic E-state index is 0.154. The third-order valence-electron chi connectivity index (χ3n) is 5.83. The predicted octanol–water partition coefficient (Wildman–Crippen LogP) is 6.52. The van der Waals surface area contributed by atoms with Crippen molar-refractivity contribution in [1.29, 1.82) is 0 Å². The van der Waals surface area contributed by atoms with E-state index in [1.54, 1.807) is 11.3 Å². The smallest absolute Gasteiger partial charge is 0.227 e. The maximum absolute atomic E-state index is 13.4. The molecular weight excluding hydrogens is 388 g/mol. The number of nitrogens with zero attached hydrogens (tertiary/aromatic N) is 2. The van der Waals surface area contributed by atoms with Crippen LogP contribution in [0.4, 0.5) is 5.69 Å². The van der Waals surface area contributed by atoms with Crippen molar-refractivity contribution in [3.05, 3.63) is 76.3 Å². The summed E-state index contributed by atoms with van der Waals surface area (Å²) in [6, 6.07) is 10.7. The lowest BCUT2D eigenvalue weighted by atomic mass is 10.0. The number of hydrogen-bond donors (Lipinski definition) is 0. The normalized spacial score (nSPS) is 14.0. The molecule has 1 aliphatic carbocycles. The monoisotopic (exact) mass is 422 g/mol. The zero-order chi connectivity index (χ0) is 21.5. The van der Waals surface area contributed by atoms with Crippen LogP contribution in [0.3, 0.4) is 0 Å².